The largest absolute Gasteiger partial charge is 0.392 e. The van der Waals surface area contributed by atoms with Gasteiger partial charge in [0.15, 0.2) is 5.79 Å². The van der Waals surface area contributed by atoms with Crippen molar-refractivity contribution in [2.24, 2.45) is 0 Å². The average Bonchev–Trinajstić information content (AvgIpc) is 3.14. The Morgan fingerprint density at radius 2 is 2.00 bits per heavy atom. The molecule has 0 aromatic carbocycles. The molecule has 3 heterocycles. The molecule has 0 spiro atoms. The van der Waals surface area contributed by atoms with E-state index >= 15 is 0 Å². The Morgan fingerprint density at radius 1 is 1.24 bits per heavy atom. The zero-order chi connectivity index (χ0) is 20.9. The lowest BCUT2D eigenvalue weighted by atomic mass is 10.1. The Balaban J connectivity index is 1.46. The summed E-state index contributed by atoms with van der Waals surface area (Å²) in [4.78, 5) is 16.4. The first-order valence-corrected chi connectivity index (χ1v) is 10.2. The van der Waals surface area contributed by atoms with Gasteiger partial charge < -0.3 is 35.3 Å². The van der Waals surface area contributed by atoms with E-state index in [4.69, 9.17) is 14.2 Å². The summed E-state index contributed by atoms with van der Waals surface area (Å²) in [7, 11) is 0. The molecule has 9 heteroatoms. The molecule has 1 aromatic heterocycles. The number of nitrogens with zero attached hydrogens (tertiary/aromatic N) is 1. The zero-order valence-electron chi connectivity index (χ0n) is 17.3. The number of hydrogen-bond donors (Lipinski definition) is 4. The molecule has 3 rings (SSSR count). The minimum Gasteiger partial charge on any atom is -0.392 e. The number of rotatable bonds is 10. The lowest BCUT2D eigenvalue weighted by Crippen LogP contribution is -2.39. The molecule has 1 aromatic rings. The summed E-state index contributed by atoms with van der Waals surface area (Å²) in [5, 5.41) is 18.6. The van der Waals surface area contributed by atoms with Crippen molar-refractivity contribution in [2.75, 3.05) is 31.5 Å². The van der Waals surface area contributed by atoms with Crippen LogP contribution in [-0.4, -0.2) is 78.5 Å². The van der Waals surface area contributed by atoms with Gasteiger partial charge in [-0.05, 0) is 32.9 Å². The first-order valence-electron chi connectivity index (χ1n) is 10.2. The Kier molecular flexibility index (Phi) is 7.42. The van der Waals surface area contributed by atoms with Gasteiger partial charge in [0.25, 0.3) is 0 Å². The molecule has 9 nitrogen and oxygen atoms in total. The summed E-state index contributed by atoms with van der Waals surface area (Å²) in [6.07, 6.45) is 0.235. The lowest BCUT2D eigenvalue weighted by Gasteiger charge is -2.24. The highest BCUT2D eigenvalue weighted by Crippen LogP contribution is 2.39. The van der Waals surface area contributed by atoms with Crippen LogP contribution in [0, 0.1) is 0 Å². The van der Waals surface area contributed by atoms with Gasteiger partial charge >= 0.3 is 0 Å². The number of amides is 1. The molecule has 2 aliphatic heterocycles. The minimum atomic E-state index is -0.702. The van der Waals surface area contributed by atoms with E-state index in [9.17, 15) is 9.90 Å². The highest BCUT2D eigenvalue weighted by molar-refractivity contribution is 5.76. The van der Waals surface area contributed by atoms with Crippen LogP contribution in [0.5, 0.6) is 0 Å². The van der Waals surface area contributed by atoms with Gasteiger partial charge in [0.05, 0.1) is 24.7 Å². The molecule has 0 saturated carbocycles. The quantitative estimate of drug-likeness (QED) is 0.408. The third-order valence-corrected chi connectivity index (χ3v) is 4.85. The fraction of sp³-hybridized carbons (Fsp3) is 0.700. The van der Waals surface area contributed by atoms with E-state index in [1.807, 2.05) is 32.0 Å². The summed E-state index contributed by atoms with van der Waals surface area (Å²) in [6.45, 7) is 7.65. The third-order valence-electron chi connectivity index (χ3n) is 4.85. The summed E-state index contributed by atoms with van der Waals surface area (Å²) >= 11 is 0. The van der Waals surface area contributed by atoms with Crippen molar-refractivity contribution in [3.8, 4) is 0 Å². The van der Waals surface area contributed by atoms with Gasteiger partial charge in [-0.15, -0.1) is 0 Å². The van der Waals surface area contributed by atoms with Gasteiger partial charge in [-0.1, -0.05) is 6.07 Å². The maximum atomic E-state index is 12.2. The molecule has 0 unspecified atom stereocenters. The number of nitrogens with one attached hydrogen (secondary N) is 3. The normalized spacial score (nSPS) is 28.7. The molecule has 29 heavy (non-hydrogen) atoms. The first kappa shape index (κ1) is 21.9. The van der Waals surface area contributed by atoms with Crippen molar-refractivity contribution in [2.45, 2.75) is 63.5 Å². The number of ether oxygens (including phenoxy) is 3. The predicted octanol–water partition coefficient (Wildman–Crippen LogP) is 0.258. The second-order valence-corrected chi connectivity index (χ2v) is 7.98. The molecule has 1 amide bonds. The van der Waals surface area contributed by atoms with Crippen molar-refractivity contribution in [1.29, 1.82) is 0 Å². The molecule has 2 saturated heterocycles. The maximum Gasteiger partial charge on any atom is 0.222 e. The van der Waals surface area contributed by atoms with Crippen LogP contribution < -0.4 is 16.0 Å². The Bertz CT molecular complexity index is 658. The van der Waals surface area contributed by atoms with Crippen molar-refractivity contribution >= 4 is 11.7 Å². The van der Waals surface area contributed by atoms with Crippen LogP contribution in [-0.2, 0) is 19.0 Å². The molecule has 2 fully saturated rings. The second kappa shape index (κ2) is 9.82. The molecular weight excluding hydrogens is 376 g/mol. The number of hydrogen-bond acceptors (Lipinski definition) is 8. The van der Waals surface area contributed by atoms with Crippen molar-refractivity contribution in [3.63, 3.8) is 0 Å². The van der Waals surface area contributed by atoms with Gasteiger partial charge in [-0.2, -0.15) is 0 Å². The van der Waals surface area contributed by atoms with Crippen LogP contribution in [0.2, 0.25) is 0 Å². The smallest absolute Gasteiger partial charge is 0.222 e. The average molecular weight is 408 g/mol. The Labute approximate surface area is 171 Å². The second-order valence-electron chi connectivity index (χ2n) is 7.98. The third kappa shape index (κ3) is 6.35. The molecule has 5 atom stereocenters. The van der Waals surface area contributed by atoms with Crippen LogP contribution in [0.1, 0.15) is 27.2 Å². The number of carbonyl (C=O) groups is 1. The summed E-state index contributed by atoms with van der Waals surface area (Å²) in [5.41, 5.74) is 0. The monoisotopic (exact) mass is 408 g/mol. The van der Waals surface area contributed by atoms with Crippen LogP contribution in [0.25, 0.3) is 0 Å². The van der Waals surface area contributed by atoms with Crippen LogP contribution in [0.15, 0.2) is 24.4 Å². The molecule has 0 radical (unpaired) electrons. The number of pyridine rings is 1. The SMILES string of the molecule is C[C@@H](O)CNC(=O)C[C@H]1O[C@@H](CNCCNc2ccccn2)[C@H]2OC(C)(C)O[C@H]21. The molecule has 162 valence electrons. The van der Waals surface area contributed by atoms with E-state index in [-0.39, 0.29) is 43.3 Å². The van der Waals surface area contributed by atoms with Gasteiger partial charge in [0.1, 0.15) is 18.0 Å². The molecule has 2 aliphatic rings. The summed E-state index contributed by atoms with van der Waals surface area (Å²) < 4.78 is 18.1. The first-order chi connectivity index (χ1) is 13.8. The molecular formula is C20H32N4O5. The van der Waals surface area contributed by atoms with Crippen LogP contribution in [0.3, 0.4) is 0 Å². The van der Waals surface area contributed by atoms with Crippen molar-refractivity contribution in [1.82, 2.24) is 15.6 Å². The van der Waals surface area contributed by atoms with E-state index in [1.165, 1.54) is 0 Å². The van der Waals surface area contributed by atoms with E-state index < -0.39 is 11.9 Å². The fourth-order valence-electron chi connectivity index (χ4n) is 3.61. The fourth-order valence-corrected chi connectivity index (χ4v) is 3.61. The number of carbonyl (C=O) groups excluding carboxylic acids is 1. The topological polar surface area (TPSA) is 114 Å². The number of anilines is 1. The zero-order valence-corrected chi connectivity index (χ0v) is 17.3. The molecule has 4 N–H and O–H groups in total. The van der Waals surface area contributed by atoms with Crippen LogP contribution >= 0.6 is 0 Å². The van der Waals surface area contributed by atoms with Gasteiger partial charge in [-0.3, -0.25) is 4.79 Å². The number of aliphatic hydroxyl groups excluding tert-OH is 1. The number of aromatic nitrogens is 1. The van der Waals surface area contributed by atoms with E-state index in [1.54, 1.807) is 13.1 Å². The molecule has 0 bridgehead atoms. The van der Waals surface area contributed by atoms with Crippen LogP contribution in [0.4, 0.5) is 5.82 Å². The lowest BCUT2D eigenvalue weighted by molar-refractivity contribution is -0.187. The highest BCUT2D eigenvalue weighted by atomic mass is 16.8. The Hall–Kier alpha value is -1.78. The maximum absolute atomic E-state index is 12.2. The number of fused-ring (bicyclic) bond motifs is 1. The van der Waals surface area contributed by atoms with Gasteiger partial charge in [0.2, 0.25) is 5.91 Å². The minimum absolute atomic E-state index is 0.170. The number of aliphatic hydroxyl groups is 1. The predicted molar refractivity (Wildman–Crippen MR) is 107 cm³/mol. The molecule has 0 aliphatic carbocycles. The van der Waals surface area contributed by atoms with E-state index in [0.717, 1.165) is 18.9 Å². The Morgan fingerprint density at radius 3 is 2.69 bits per heavy atom. The highest BCUT2D eigenvalue weighted by Gasteiger charge is 2.55. The standard InChI is InChI=1S/C20H32N4O5/c1-13(25)11-24-17(26)10-14-18-19(29-20(2,3)28-18)15(27-14)12-21-8-9-23-16-6-4-5-7-22-16/h4-7,13-15,18-19,21,25H,8-12H2,1-3H3,(H,22,23)(H,24,26)/t13-,14-,15+,18+,19-/m1/s1. The van der Waals surface area contributed by atoms with E-state index in [2.05, 4.69) is 20.9 Å². The van der Waals surface area contributed by atoms with E-state index in [0.29, 0.717) is 6.54 Å². The summed E-state index contributed by atoms with van der Waals surface area (Å²) in [6, 6.07) is 5.74. The summed E-state index contributed by atoms with van der Waals surface area (Å²) in [5.74, 6) is -0.0353. The van der Waals surface area contributed by atoms with Crippen molar-refractivity contribution < 1.29 is 24.1 Å². The van der Waals surface area contributed by atoms with Gasteiger partial charge in [-0.25, -0.2) is 4.98 Å². The van der Waals surface area contributed by atoms with Gasteiger partial charge in [0, 0.05) is 32.4 Å². The van der Waals surface area contributed by atoms with Crippen molar-refractivity contribution in [3.05, 3.63) is 24.4 Å².